The molecule has 25 heavy (non-hydrogen) atoms. The average Bonchev–Trinajstić information content (AvgIpc) is 2.95. The highest BCUT2D eigenvalue weighted by Gasteiger charge is 2.47. The van der Waals surface area contributed by atoms with Crippen molar-refractivity contribution in [2.45, 2.75) is 38.4 Å². The normalized spacial score (nSPS) is 25.6. The first-order valence-corrected chi connectivity index (χ1v) is 8.29. The van der Waals surface area contributed by atoms with Crippen LogP contribution in [0.3, 0.4) is 0 Å². The van der Waals surface area contributed by atoms with Crippen LogP contribution in [-0.2, 0) is 9.59 Å². The summed E-state index contributed by atoms with van der Waals surface area (Å²) in [6.07, 6.45) is 0.360. The minimum Gasteiger partial charge on any atom is -0.342 e. The number of hydrogen-bond donors (Lipinski definition) is 3. The van der Waals surface area contributed by atoms with Crippen molar-refractivity contribution >= 4 is 23.5 Å². The van der Waals surface area contributed by atoms with Crippen molar-refractivity contribution in [1.29, 1.82) is 0 Å². The van der Waals surface area contributed by atoms with Crippen LogP contribution in [-0.4, -0.2) is 47.4 Å². The zero-order valence-electron chi connectivity index (χ0n) is 14.1. The Balaban J connectivity index is 1.61. The maximum Gasteiger partial charge on any atom is 0.319 e. The van der Waals surface area contributed by atoms with Crippen molar-refractivity contribution in [1.82, 2.24) is 15.5 Å². The van der Waals surface area contributed by atoms with E-state index >= 15 is 0 Å². The predicted octanol–water partition coefficient (Wildman–Crippen LogP) is 1.07. The molecular weight excluding hydrogens is 327 g/mol. The molecule has 4 amide bonds. The highest BCUT2D eigenvalue weighted by molar-refractivity contribution is 5.98. The molecule has 2 aliphatic rings. The zero-order valence-corrected chi connectivity index (χ0v) is 14.1. The summed E-state index contributed by atoms with van der Waals surface area (Å²) < 4.78 is 13.2. The van der Waals surface area contributed by atoms with Crippen LogP contribution in [0.1, 0.15) is 20.3 Å². The van der Waals surface area contributed by atoms with Crippen LogP contribution in [0.4, 0.5) is 14.9 Å². The van der Waals surface area contributed by atoms with Gasteiger partial charge in [0.05, 0.1) is 6.04 Å². The number of carbonyl (C=O) groups is 3. The number of urea groups is 1. The molecule has 0 unspecified atom stereocenters. The van der Waals surface area contributed by atoms with E-state index in [1.165, 1.54) is 23.1 Å². The quantitative estimate of drug-likeness (QED) is 0.763. The molecule has 8 heteroatoms. The molecule has 3 rings (SSSR count). The summed E-state index contributed by atoms with van der Waals surface area (Å²) >= 11 is 0. The van der Waals surface area contributed by atoms with Gasteiger partial charge in [-0.05, 0) is 30.5 Å². The molecule has 3 atom stereocenters. The Hall–Kier alpha value is -2.64. The Morgan fingerprint density at radius 1 is 1.36 bits per heavy atom. The van der Waals surface area contributed by atoms with E-state index in [-0.39, 0.29) is 30.3 Å². The Morgan fingerprint density at radius 2 is 2.12 bits per heavy atom. The molecule has 1 aromatic carbocycles. The minimum absolute atomic E-state index is 0.000634. The van der Waals surface area contributed by atoms with Crippen LogP contribution >= 0.6 is 0 Å². The Bertz CT molecular complexity index is 709. The first-order valence-electron chi connectivity index (χ1n) is 8.29. The highest BCUT2D eigenvalue weighted by Crippen LogP contribution is 2.25. The third-order valence-corrected chi connectivity index (χ3v) is 4.53. The summed E-state index contributed by atoms with van der Waals surface area (Å²) in [7, 11) is 0. The van der Waals surface area contributed by atoms with Crippen molar-refractivity contribution in [3.05, 3.63) is 30.1 Å². The average molecular weight is 348 g/mol. The van der Waals surface area contributed by atoms with Crippen LogP contribution in [0, 0.1) is 11.7 Å². The number of benzene rings is 1. The van der Waals surface area contributed by atoms with Crippen LogP contribution in [0.15, 0.2) is 24.3 Å². The van der Waals surface area contributed by atoms with Gasteiger partial charge < -0.3 is 20.9 Å². The Kier molecular flexibility index (Phi) is 4.61. The number of hydrogen-bond acceptors (Lipinski definition) is 3. The van der Waals surface area contributed by atoms with Gasteiger partial charge in [0.2, 0.25) is 11.8 Å². The van der Waals surface area contributed by atoms with Crippen molar-refractivity contribution < 1.29 is 18.8 Å². The van der Waals surface area contributed by atoms with Gasteiger partial charge in [-0.3, -0.25) is 9.59 Å². The molecule has 0 saturated carbocycles. The van der Waals surface area contributed by atoms with E-state index in [1.54, 1.807) is 6.07 Å². The van der Waals surface area contributed by atoms with Gasteiger partial charge in [0.15, 0.2) is 0 Å². The van der Waals surface area contributed by atoms with Gasteiger partial charge in [0.1, 0.15) is 17.9 Å². The number of rotatable bonds is 3. The second-order valence-electron chi connectivity index (χ2n) is 6.78. The van der Waals surface area contributed by atoms with E-state index in [2.05, 4.69) is 16.0 Å². The number of piperazine rings is 1. The maximum atomic E-state index is 13.2. The SMILES string of the molecule is CC(C)[C@H]1NC(=O)[C@@H]2C[C@H](NC(=O)Nc3cccc(F)c3)CN2C1=O. The molecule has 0 bridgehead atoms. The van der Waals surface area contributed by atoms with E-state index in [0.29, 0.717) is 12.1 Å². The smallest absolute Gasteiger partial charge is 0.319 e. The summed E-state index contributed by atoms with van der Waals surface area (Å²) in [6.45, 7) is 4.04. The number of halogens is 1. The van der Waals surface area contributed by atoms with Crippen molar-refractivity contribution in [2.24, 2.45) is 5.92 Å². The number of amides is 4. The van der Waals surface area contributed by atoms with Gasteiger partial charge in [-0.1, -0.05) is 19.9 Å². The van der Waals surface area contributed by atoms with Gasteiger partial charge >= 0.3 is 6.03 Å². The predicted molar refractivity (Wildman–Crippen MR) is 89.2 cm³/mol. The second kappa shape index (κ2) is 6.70. The first-order chi connectivity index (χ1) is 11.8. The van der Waals surface area contributed by atoms with E-state index in [9.17, 15) is 18.8 Å². The molecule has 1 aromatic rings. The standard InChI is InChI=1S/C17H21FN4O3/c1-9(2)14-16(24)22-8-12(7-13(22)15(23)21-14)20-17(25)19-11-5-3-4-10(18)6-11/h3-6,9,12-14H,7-8H2,1-2H3,(H,21,23)(H2,19,20,25)/t12-,13-,14+/m0/s1. The van der Waals surface area contributed by atoms with Crippen LogP contribution < -0.4 is 16.0 Å². The second-order valence-corrected chi connectivity index (χ2v) is 6.78. The molecule has 2 saturated heterocycles. The number of carbonyl (C=O) groups excluding carboxylic acids is 3. The third kappa shape index (κ3) is 3.57. The number of nitrogens with one attached hydrogen (secondary N) is 3. The molecule has 2 aliphatic heterocycles. The molecule has 0 spiro atoms. The van der Waals surface area contributed by atoms with Gasteiger partial charge in [-0.15, -0.1) is 0 Å². The van der Waals surface area contributed by atoms with Gasteiger partial charge in [-0.25, -0.2) is 9.18 Å². The molecule has 0 aromatic heterocycles. The molecule has 3 N–H and O–H groups in total. The fourth-order valence-electron chi connectivity index (χ4n) is 3.29. The van der Waals surface area contributed by atoms with Gasteiger partial charge in [0, 0.05) is 12.2 Å². The molecule has 0 radical (unpaired) electrons. The van der Waals surface area contributed by atoms with Gasteiger partial charge in [-0.2, -0.15) is 0 Å². The fraction of sp³-hybridized carbons (Fsp3) is 0.471. The van der Waals surface area contributed by atoms with Crippen molar-refractivity contribution in [3.63, 3.8) is 0 Å². The van der Waals surface area contributed by atoms with Crippen molar-refractivity contribution in [2.75, 3.05) is 11.9 Å². The van der Waals surface area contributed by atoms with Crippen molar-refractivity contribution in [3.8, 4) is 0 Å². The van der Waals surface area contributed by atoms with Crippen LogP contribution in [0.25, 0.3) is 0 Å². The third-order valence-electron chi connectivity index (χ3n) is 4.53. The lowest BCUT2D eigenvalue weighted by Crippen LogP contribution is -2.62. The zero-order chi connectivity index (χ0) is 18.1. The van der Waals surface area contributed by atoms with E-state index in [0.717, 1.165) is 0 Å². The molecular formula is C17H21FN4O3. The lowest BCUT2D eigenvalue weighted by molar-refractivity contribution is -0.148. The number of anilines is 1. The maximum absolute atomic E-state index is 13.2. The van der Waals surface area contributed by atoms with Crippen LogP contribution in [0.2, 0.25) is 0 Å². The van der Waals surface area contributed by atoms with E-state index < -0.39 is 23.9 Å². The molecule has 2 heterocycles. The molecule has 2 fully saturated rings. The summed E-state index contributed by atoms with van der Waals surface area (Å²) in [5.41, 5.74) is 0.335. The largest absolute Gasteiger partial charge is 0.342 e. The summed E-state index contributed by atoms with van der Waals surface area (Å²) in [6, 6.07) is 3.66. The summed E-state index contributed by atoms with van der Waals surface area (Å²) in [5.74, 6) is -0.749. The monoisotopic (exact) mass is 348 g/mol. The number of fused-ring (bicyclic) bond motifs is 1. The number of nitrogens with zero attached hydrogens (tertiary/aromatic N) is 1. The topological polar surface area (TPSA) is 90.5 Å². The Labute approximate surface area is 144 Å². The molecule has 0 aliphatic carbocycles. The van der Waals surface area contributed by atoms with E-state index in [4.69, 9.17) is 0 Å². The van der Waals surface area contributed by atoms with Gasteiger partial charge in [0.25, 0.3) is 0 Å². The van der Waals surface area contributed by atoms with Crippen LogP contribution in [0.5, 0.6) is 0 Å². The molecule has 134 valence electrons. The first kappa shape index (κ1) is 17.2. The summed E-state index contributed by atoms with van der Waals surface area (Å²) in [5, 5.41) is 8.05. The molecule has 7 nitrogen and oxygen atoms in total. The van der Waals surface area contributed by atoms with E-state index in [1.807, 2.05) is 13.8 Å². The fourth-order valence-corrected chi connectivity index (χ4v) is 3.29. The lowest BCUT2D eigenvalue weighted by atomic mass is 9.98. The highest BCUT2D eigenvalue weighted by atomic mass is 19.1. The summed E-state index contributed by atoms with van der Waals surface area (Å²) in [4.78, 5) is 38.3. The Morgan fingerprint density at radius 3 is 2.80 bits per heavy atom. The minimum atomic E-state index is -0.554. The lowest BCUT2D eigenvalue weighted by Gasteiger charge is -2.36.